The van der Waals surface area contributed by atoms with E-state index in [4.69, 9.17) is 0 Å². The second-order valence-corrected chi connectivity index (χ2v) is 6.29. The highest BCUT2D eigenvalue weighted by Crippen LogP contribution is 2.34. The number of carbonyl (C=O) groups excluding carboxylic acids is 1. The van der Waals surface area contributed by atoms with Gasteiger partial charge < -0.3 is 19.9 Å². The van der Waals surface area contributed by atoms with Crippen LogP contribution in [0, 0.1) is 0 Å². The lowest BCUT2D eigenvalue weighted by Crippen LogP contribution is -2.44. The van der Waals surface area contributed by atoms with E-state index in [9.17, 15) is 9.90 Å². The number of aryl methyl sites for hydroxylation is 2. The van der Waals surface area contributed by atoms with E-state index >= 15 is 0 Å². The van der Waals surface area contributed by atoms with Crippen molar-refractivity contribution in [2.45, 2.75) is 31.8 Å². The molecule has 0 bridgehead atoms. The summed E-state index contributed by atoms with van der Waals surface area (Å²) in [4.78, 5) is 14.5. The van der Waals surface area contributed by atoms with Gasteiger partial charge in [-0.05, 0) is 42.5 Å². The van der Waals surface area contributed by atoms with Gasteiger partial charge in [-0.15, -0.1) is 0 Å². The highest BCUT2D eigenvalue weighted by molar-refractivity contribution is 5.75. The van der Waals surface area contributed by atoms with Crippen LogP contribution in [0.15, 0.2) is 42.6 Å². The first-order valence-electron chi connectivity index (χ1n) is 8.54. The maximum atomic E-state index is 12.7. The van der Waals surface area contributed by atoms with Gasteiger partial charge in [-0.2, -0.15) is 0 Å². The second kappa shape index (κ2) is 7.53. The van der Waals surface area contributed by atoms with Crippen LogP contribution in [0.2, 0.25) is 0 Å². The number of nitrogens with one attached hydrogen (secondary N) is 1. The third kappa shape index (κ3) is 3.46. The van der Waals surface area contributed by atoms with Crippen LogP contribution in [-0.4, -0.2) is 33.8 Å². The van der Waals surface area contributed by atoms with Crippen molar-refractivity contribution in [3.05, 3.63) is 59.4 Å². The molecule has 0 saturated carbocycles. The van der Waals surface area contributed by atoms with Crippen molar-refractivity contribution in [3.63, 3.8) is 0 Å². The number of aliphatic hydroxyl groups is 1. The fourth-order valence-corrected chi connectivity index (χ4v) is 3.51. The summed E-state index contributed by atoms with van der Waals surface area (Å²) in [6.07, 6.45) is 5.03. The summed E-state index contributed by atoms with van der Waals surface area (Å²) in [5.41, 5.74) is 3.58. The van der Waals surface area contributed by atoms with E-state index in [1.807, 2.05) is 42.1 Å². The van der Waals surface area contributed by atoms with Gasteiger partial charge in [0.2, 0.25) is 0 Å². The van der Waals surface area contributed by atoms with Crippen molar-refractivity contribution in [1.29, 1.82) is 0 Å². The molecule has 1 aromatic heterocycles. The number of aromatic nitrogens is 1. The maximum absolute atomic E-state index is 12.7. The summed E-state index contributed by atoms with van der Waals surface area (Å²) in [6.45, 7) is 0.798. The van der Waals surface area contributed by atoms with Gasteiger partial charge in [-0.1, -0.05) is 24.3 Å². The number of hydrogen-bond donors (Lipinski definition) is 2. The van der Waals surface area contributed by atoms with Crippen molar-refractivity contribution in [3.8, 4) is 0 Å². The smallest absolute Gasteiger partial charge is 0.318 e. The van der Waals surface area contributed by atoms with E-state index in [0.29, 0.717) is 13.1 Å². The molecule has 2 aromatic rings. The second-order valence-electron chi connectivity index (χ2n) is 6.29. The largest absolute Gasteiger partial charge is 0.395 e. The zero-order valence-corrected chi connectivity index (χ0v) is 14.1. The number of aliphatic hydroxyl groups excluding tert-OH is 1. The molecule has 1 aliphatic carbocycles. The zero-order chi connectivity index (χ0) is 16.9. The minimum absolute atomic E-state index is 0.0315. The topological polar surface area (TPSA) is 57.5 Å². The summed E-state index contributed by atoms with van der Waals surface area (Å²) in [5.74, 6) is 0. The van der Waals surface area contributed by atoms with Crippen LogP contribution >= 0.6 is 0 Å². The minimum atomic E-state index is -0.119. The molecule has 5 heteroatoms. The van der Waals surface area contributed by atoms with Crippen LogP contribution in [0.1, 0.15) is 35.7 Å². The first-order chi connectivity index (χ1) is 11.7. The van der Waals surface area contributed by atoms with E-state index in [1.54, 1.807) is 4.90 Å². The van der Waals surface area contributed by atoms with Gasteiger partial charge in [-0.25, -0.2) is 4.79 Å². The number of benzene rings is 1. The number of fused-ring (bicyclic) bond motifs is 1. The van der Waals surface area contributed by atoms with E-state index in [1.165, 1.54) is 11.1 Å². The number of hydrogen-bond acceptors (Lipinski definition) is 2. The molecule has 2 amide bonds. The summed E-state index contributed by atoms with van der Waals surface area (Å²) in [7, 11) is 1.96. The Morgan fingerprint density at radius 2 is 2.17 bits per heavy atom. The molecule has 24 heavy (non-hydrogen) atoms. The molecule has 1 heterocycles. The van der Waals surface area contributed by atoms with Crippen molar-refractivity contribution < 1.29 is 9.90 Å². The molecule has 0 saturated heterocycles. The SMILES string of the molecule is Cn1cccc1CNC(=O)N(CCO)[C@@H]1CCCc2ccccc21. The molecule has 1 atom stereocenters. The van der Waals surface area contributed by atoms with Gasteiger partial charge in [-0.3, -0.25) is 0 Å². The van der Waals surface area contributed by atoms with Crippen molar-refractivity contribution >= 4 is 6.03 Å². The Labute approximate surface area is 142 Å². The molecule has 0 unspecified atom stereocenters. The third-order valence-corrected chi connectivity index (χ3v) is 4.79. The maximum Gasteiger partial charge on any atom is 0.318 e. The number of amides is 2. The standard InChI is InChI=1S/C19H25N3O2/c1-21-11-5-8-16(21)14-20-19(24)22(12-13-23)18-10-4-7-15-6-2-3-9-17(15)18/h2-3,5-6,8-9,11,18,23H,4,7,10,12-14H2,1H3,(H,20,24)/t18-/m1/s1. The van der Waals surface area contributed by atoms with Crippen molar-refractivity contribution in [1.82, 2.24) is 14.8 Å². The van der Waals surface area contributed by atoms with Gasteiger partial charge in [0.05, 0.1) is 19.2 Å². The molecule has 0 spiro atoms. The van der Waals surface area contributed by atoms with Crippen LogP contribution in [0.4, 0.5) is 4.79 Å². The van der Waals surface area contributed by atoms with E-state index in [2.05, 4.69) is 17.4 Å². The molecule has 3 rings (SSSR count). The lowest BCUT2D eigenvalue weighted by atomic mass is 9.87. The zero-order valence-electron chi connectivity index (χ0n) is 14.1. The normalized spacial score (nSPS) is 16.5. The Balaban J connectivity index is 1.75. The number of urea groups is 1. The number of nitrogens with zero attached hydrogens (tertiary/aromatic N) is 2. The minimum Gasteiger partial charge on any atom is -0.395 e. The average molecular weight is 327 g/mol. The lowest BCUT2D eigenvalue weighted by Gasteiger charge is -2.35. The Morgan fingerprint density at radius 3 is 2.92 bits per heavy atom. The van der Waals surface area contributed by atoms with Gasteiger partial charge >= 0.3 is 6.03 Å². The molecule has 128 valence electrons. The van der Waals surface area contributed by atoms with E-state index < -0.39 is 0 Å². The first-order valence-corrected chi connectivity index (χ1v) is 8.54. The number of carbonyl (C=O) groups is 1. The number of rotatable bonds is 5. The Morgan fingerprint density at radius 1 is 1.33 bits per heavy atom. The van der Waals surface area contributed by atoms with Gasteiger partial charge in [0.1, 0.15) is 0 Å². The molecule has 0 radical (unpaired) electrons. The van der Waals surface area contributed by atoms with Gasteiger partial charge in [0.15, 0.2) is 0 Å². The van der Waals surface area contributed by atoms with Crippen LogP contribution in [0.5, 0.6) is 0 Å². The predicted octanol–water partition coefficient (Wildman–Crippen LogP) is 2.61. The molecule has 1 aromatic carbocycles. The molecular weight excluding hydrogens is 302 g/mol. The first kappa shape index (κ1) is 16.6. The molecular formula is C19H25N3O2. The summed E-state index contributed by atoms with van der Waals surface area (Å²) < 4.78 is 1.99. The van der Waals surface area contributed by atoms with Crippen LogP contribution in [0.3, 0.4) is 0 Å². The Hall–Kier alpha value is -2.27. The molecule has 2 N–H and O–H groups in total. The van der Waals surface area contributed by atoms with Crippen molar-refractivity contribution in [2.75, 3.05) is 13.2 Å². The van der Waals surface area contributed by atoms with Crippen LogP contribution in [-0.2, 0) is 20.0 Å². The van der Waals surface area contributed by atoms with Gasteiger partial charge in [0, 0.05) is 25.5 Å². The molecule has 0 fully saturated rings. The van der Waals surface area contributed by atoms with E-state index in [0.717, 1.165) is 25.0 Å². The van der Waals surface area contributed by atoms with Crippen LogP contribution < -0.4 is 5.32 Å². The summed E-state index contributed by atoms with van der Waals surface area (Å²) >= 11 is 0. The highest BCUT2D eigenvalue weighted by Gasteiger charge is 2.28. The van der Waals surface area contributed by atoms with Crippen LogP contribution in [0.25, 0.3) is 0 Å². The quantitative estimate of drug-likeness (QED) is 0.887. The fourth-order valence-electron chi connectivity index (χ4n) is 3.51. The predicted molar refractivity (Wildman–Crippen MR) is 93.6 cm³/mol. The summed E-state index contributed by atoms with van der Waals surface area (Å²) in [6, 6.07) is 12.2. The van der Waals surface area contributed by atoms with Crippen molar-refractivity contribution in [2.24, 2.45) is 7.05 Å². The Kier molecular flexibility index (Phi) is 5.20. The molecule has 5 nitrogen and oxygen atoms in total. The highest BCUT2D eigenvalue weighted by atomic mass is 16.3. The lowest BCUT2D eigenvalue weighted by molar-refractivity contribution is 0.144. The molecule has 1 aliphatic rings. The van der Waals surface area contributed by atoms with E-state index in [-0.39, 0.29) is 18.7 Å². The molecule has 0 aliphatic heterocycles. The Bertz CT molecular complexity index is 695. The van der Waals surface area contributed by atoms with Gasteiger partial charge in [0.25, 0.3) is 0 Å². The average Bonchev–Trinajstić information content (AvgIpc) is 3.02. The fraction of sp³-hybridized carbons (Fsp3) is 0.421. The monoisotopic (exact) mass is 327 g/mol. The summed E-state index contributed by atoms with van der Waals surface area (Å²) in [5, 5.41) is 12.4. The third-order valence-electron chi connectivity index (χ3n) is 4.79.